The van der Waals surface area contributed by atoms with Crippen molar-refractivity contribution >= 4 is 5.78 Å². The van der Waals surface area contributed by atoms with Crippen molar-refractivity contribution in [2.75, 3.05) is 0 Å². The average molecular weight is 426 g/mol. The van der Waals surface area contributed by atoms with Crippen LogP contribution >= 0.6 is 0 Å². The molecule has 0 amide bonds. The van der Waals surface area contributed by atoms with Gasteiger partial charge >= 0.3 is 0 Å². The van der Waals surface area contributed by atoms with Crippen LogP contribution in [-0.2, 0) is 4.79 Å². The maximum Gasteiger partial charge on any atom is 0.137 e. The second-order valence-corrected chi connectivity index (χ2v) is 12.0. The van der Waals surface area contributed by atoms with Crippen molar-refractivity contribution in [2.24, 2.45) is 40.4 Å². The van der Waals surface area contributed by atoms with Crippen LogP contribution in [0.1, 0.15) is 89.3 Å². The maximum atomic E-state index is 13.3. The number of carbonyl (C=O) groups excluding carboxylic acids is 1. The number of aromatic hydroxyl groups is 1. The lowest BCUT2D eigenvalue weighted by Gasteiger charge is -2.60. The second-order valence-electron chi connectivity index (χ2n) is 12.0. The van der Waals surface area contributed by atoms with E-state index >= 15 is 0 Å². The SMILES string of the molecule is Cc1cnc([C@H](C)[C@H]2CC[C@H]3[C@@H]4CC(=O)[C@H]5C[C@H](O)CC[C@]5(C)[C@H]4CC[C@]23C)c(O)c1. The highest BCUT2D eigenvalue weighted by molar-refractivity contribution is 5.83. The highest BCUT2D eigenvalue weighted by Crippen LogP contribution is 2.68. The van der Waals surface area contributed by atoms with Crippen LogP contribution in [-0.4, -0.2) is 27.1 Å². The molecule has 4 nitrogen and oxygen atoms in total. The largest absolute Gasteiger partial charge is 0.506 e. The number of aliphatic hydroxyl groups is 1. The van der Waals surface area contributed by atoms with Crippen molar-refractivity contribution in [3.05, 3.63) is 23.5 Å². The predicted molar refractivity (Wildman–Crippen MR) is 121 cm³/mol. The lowest BCUT2D eigenvalue weighted by atomic mass is 9.44. The Labute approximate surface area is 186 Å². The summed E-state index contributed by atoms with van der Waals surface area (Å²) in [6, 6.07) is 1.84. The molecule has 4 aliphatic rings. The number of rotatable bonds is 2. The Hall–Kier alpha value is -1.42. The van der Waals surface area contributed by atoms with E-state index in [4.69, 9.17) is 0 Å². The normalized spacial score (nSPS) is 45.5. The van der Waals surface area contributed by atoms with Crippen LogP contribution in [0.4, 0.5) is 0 Å². The molecule has 0 radical (unpaired) electrons. The Balaban J connectivity index is 1.43. The van der Waals surface area contributed by atoms with E-state index in [9.17, 15) is 15.0 Å². The van der Waals surface area contributed by atoms with Crippen LogP contribution in [0.15, 0.2) is 12.3 Å². The quantitative estimate of drug-likeness (QED) is 0.666. The zero-order chi connectivity index (χ0) is 22.1. The van der Waals surface area contributed by atoms with E-state index < -0.39 is 0 Å². The van der Waals surface area contributed by atoms with Crippen molar-refractivity contribution < 1.29 is 15.0 Å². The number of Topliss-reactive ketones (excluding diaryl/α,β-unsaturated/α-hetero) is 1. The van der Waals surface area contributed by atoms with Gasteiger partial charge in [-0.2, -0.15) is 0 Å². The molecule has 9 atom stereocenters. The molecule has 0 aliphatic heterocycles. The van der Waals surface area contributed by atoms with Gasteiger partial charge in [-0.1, -0.05) is 20.8 Å². The van der Waals surface area contributed by atoms with Gasteiger partial charge in [0.05, 0.1) is 11.8 Å². The number of aliphatic hydroxyl groups excluding tert-OH is 1. The van der Waals surface area contributed by atoms with Crippen molar-refractivity contribution in [1.29, 1.82) is 0 Å². The zero-order valence-corrected chi connectivity index (χ0v) is 19.6. The first-order chi connectivity index (χ1) is 14.6. The van der Waals surface area contributed by atoms with Crippen LogP contribution in [0.25, 0.3) is 0 Å². The number of nitrogens with zero attached hydrogens (tertiary/aromatic N) is 1. The minimum absolute atomic E-state index is 0.0617. The third kappa shape index (κ3) is 3.11. The first kappa shape index (κ1) is 21.4. The van der Waals surface area contributed by atoms with Gasteiger partial charge in [0.1, 0.15) is 11.5 Å². The van der Waals surface area contributed by atoms with Crippen molar-refractivity contribution in [3.8, 4) is 5.75 Å². The average Bonchev–Trinajstić information content (AvgIpc) is 3.06. The molecule has 4 saturated carbocycles. The monoisotopic (exact) mass is 425 g/mol. The molecule has 1 aromatic heterocycles. The van der Waals surface area contributed by atoms with E-state index in [-0.39, 0.29) is 28.8 Å². The van der Waals surface area contributed by atoms with Gasteiger partial charge in [0.2, 0.25) is 0 Å². The summed E-state index contributed by atoms with van der Waals surface area (Å²) in [5.74, 6) is 3.21. The minimum atomic E-state index is -0.293. The number of hydrogen-bond donors (Lipinski definition) is 2. The lowest BCUT2D eigenvalue weighted by molar-refractivity contribution is -0.159. The number of hydrogen-bond acceptors (Lipinski definition) is 4. The molecule has 1 aromatic rings. The molecule has 2 N–H and O–H groups in total. The van der Waals surface area contributed by atoms with E-state index in [1.807, 2.05) is 19.2 Å². The molecule has 5 rings (SSSR count). The standard InChI is InChI=1S/C27H39NO3/c1-15-11-24(31)25(28-14-15)16(2)19-5-6-20-18-13-23(30)22-12-17(29)7-9-27(22,4)21(18)8-10-26(19,20)3/h11,14,16-22,29,31H,5-10,12-13H2,1-4H3/t16-,17-,18+,19-,20+,21+,22-,26-,27-/m1/s1. The van der Waals surface area contributed by atoms with Gasteiger partial charge in [0.15, 0.2) is 0 Å². The molecule has 1 heterocycles. The Morgan fingerprint density at radius 1 is 1.10 bits per heavy atom. The van der Waals surface area contributed by atoms with Crippen molar-refractivity contribution in [2.45, 2.75) is 91.1 Å². The van der Waals surface area contributed by atoms with Gasteiger partial charge in [0, 0.05) is 24.5 Å². The minimum Gasteiger partial charge on any atom is -0.506 e. The lowest BCUT2D eigenvalue weighted by Crippen LogP contribution is -2.57. The summed E-state index contributed by atoms with van der Waals surface area (Å²) in [5.41, 5.74) is 2.11. The van der Waals surface area contributed by atoms with Gasteiger partial charge in [-0.15, -0.1) is 0 Å². The number of aryl methyl sites for hydroxylation is 1. The summed E-state index contributed by atoms with van der Waals surface area (Å²) in [5, 5.41) is 20.8. The highest BCUT2D eigenvalue weighted by atomic mass is 16.3. The molecule has 0 aromatic carbocycles. The number of aromatic nitrogens is 1. The van der Waals surface area contributed by atoms with Crippen molar-refractivity contribution in [1.82, 2.24) is 4.98 Å². The van der Waals surface area contributed by atoms with Gasteiger partial charge in [-0.25, -0.2) is 0 Å². The molecule has 170 valence electrons. The summed E-state index contributed by atoms with van der Waals surface area (Å²) in [6.07, 6.45) is 9.58. The Morgan fingerprint density at radius 3 is 2.55 bits per heavy atom. The molecule has 4 heteroatoms. The van der Waals surface area contributed by atoms with Crippen LogP contribution < -0.4 is 0 Å². The highest BCUT2D eigenvalue weighted by Gasteiger charge is 2.62. The fraction of sp³-hybridized carbons (Fsp3) is 0.778. The summed E-state index contributed by atoms with van der Waals surface area (Å²) < 4.78 is 0. The molecular formula is C27H39NO3. The van der Waals surface area contributed by atoms with Gasteiger partial charge in [0.25, 0.3) is 0 Å². The molecule has 0 saturated heterocycles. The van der Waals surface area contributed by atoms with Crippen molar-refractivity contribution in [3.63, 3.8) is 0 Å². The number of fused-ring (bicyclic) bond motifs is 5. The van der Waals surface area contributed by atoms with E-state index in [2.05, 4.69) is 25.8 Å². The van der Waals surface area contributed by atoms with E-state index in [0.29, 0.717) is 48.0 Å². The fourth-order valence-electron chi connectivity index (χ4n) is 8.99. The Morgan fingerprint density at radius 2 is 1.81 bits per heavy atom. The fourth-order valence-corrected chi connectivity index (χ4v) is 8.99. The number of pyridine rings is 1. The van der Waals surface area contributed by atoms with Gasteiger partial charge in [-0.05, 0) is 98.0 Å². The van der Waals surface area contributed by atoms with Gasteiger partial charge in [-0.3, -0.25) is 9.78 Å². The van der Waals surface area contributed by atoms with E-state index in [1.165, 1.54) is 19.3 Å². The second kappa shape index (κ2) is 7.30. The molecule has 0 bridgehead atoms. The van der Waals surface area contributed by atoms with Crippen LogP contribution in [0.2, 0.25) is 0 Å². The van der Waals surface area contributed by atoms with Crippen LogP contribution in [0.5, 0.6) is 5.75 Å². The summed E-state index contributed by atoms with van der Waals surface area (Å²) in [7, 11) is 0. The molecule has 4 aliphatic carbocycles. The smallest absolute Gasteiger partial charge is 0.137 e. The topological polar surface area (TPSA) is 70.4 Å². The predicted octanol–water partition coefficient (Wildman–Crippen LogP) is 5.40. The molecule has 0 spiro atoms. The number of carbonyl (C=O) groups is 1. The summed E-state index contributed by atoms with van der Waals surface area (Å²) in [6.45, 7) is 9.04. The van der Waals surface area contributed by atoms with E-state index in [0.717, 1.165) is 30.5 Å². The molecule has 31 heavy (non-hydrogen) atoms. The molecular weight excluding hydrogens is 386 g/mol. The van der Waals surface area contributed by atoms with Crippen LogP contribution in [0, 0.1) is 47.3 Å². The first-order valence-electron chi connectivity index (χ1n) is 12.5. The number of ketones is 1. The third-order valence-electron chi connectivity index (χ3n) is 10.6. The molecule has 4 fully saturated rings. The first-order valence-corrected chi connectivity index (χ1v) is 12.5. The Bertz CT molecular complexity index is 883. The Kier molecular flexibility index (Phi) is 5.04. The zero-order valence-electron chi connectivity index (χ0n) is 19.6. The molecule has 0 unspecified atom stereocenters. The van der Waals surface area contributed by atoms with Gasteiger partial charge < -0.3 is 10.2 Å². The third-order valence-corrected chi connectivity index (χ3v) is 10.6. The maximum absolute atomic E-state index is 13.3. The van der Waals surface area contributed by atoms with E-state index in [1.54, 1.807) is 0 Å². The summed E-state index contributed by atoms with van der Waals surface area (Å²) >= 11 is 0. The van der Waals surface area contributed by atoms with Crippen LogP contribution in [0.3, 0.4) is 0 Å². The summed E-state index contributed by atoms with van der Waals surface area (Å²) in [4.78, 5) is 17.9.